The number of hydrogen-bond donors (Lipinski definition) is 2. The minimum Gasteiger partial charge on any atom is -0.475 e. The molecule has 0 bridgehead atoms. The van der Waals surface area contributed by atoms with Gasteiger partial charge in [-0.2, -0.15) is 0 Å². The van der Waals surface area contributed by atoms with E-state index in [2.05, 4.69) is 24.8 Å². The van der Waals surface area contributed by atoms with Crippen molar-refractivity contribution >= 4 is 34.0 Å². The van der Waals surface area contributed by atoms with Crippen molar-refractivity contribution in [1.29, 1.82) is 0 Å². The average molecular weight is 419 g/mol. The molecule has 0 spiro atoms. The third-order valence-electron chi connectivity index (χ3n) is 6.31. The molecule has 0 amide bonds. The second-order valence-electron chi connectivity index (χ2n) is 8.25. The van der Waals surface area contributed by atoms with Gasteiger partial charge in [-0.15, -0.1) is 0 Å². The van der Waals surface area contributed by atoms with Crippen LogP contribution < -0.4 is 10.6 Å². The van der Waals surface area contributed by atoms with Crippen LogP contribution in [0.3, 0.4) is 0 Å². The molecule has 0 atom stereocenters. The summed E-state index contributed by atoms with van der Waals surface area (Å²) < 4.78 is 3.59. The number of nitrogens with zero attached hydrogens (tertiary/aromatic N) is 6. The van der Waals surface area contributed by atoms with Gasteiger partial charge in [0, 0.05) is 25.2 Å². The number of fused-ring (bicyclic) bond motifs is 2. The maximum atomic E-state index is 12.5. The number of benzene rings is 1. The number of aromatic amines is 1. The Kier molecular flexibility index (Phi) is 3.89. The molecule has 1 saturated heterocycles. The van der Waals surface area contributed by atoms with Crippen molar-refractivity contribution in [3.05, 3.63) is 46.9 Å². The Morgan fingerprint density at radius 2 is 1.77 bits per heavy atom. The Bertz CT molecular complexity index is 1370. The smallest absolute Gasteiger partial charge is 0.372 e. The number of carboxylic acids is 1. The van der Waals surface area contributed by atoms with Gasteiger partial charge in [0.25, 0.3) is 0 Å². The molecule has 0 radical (unpaired) electrons. The predicted octanol–water partition coefficient (Wildman–Crippen LogP) is 2.34. The lowest BCUT2D eigenvalue weighted by Gasteiger charge is -2.33. The molecular weight excluding hydrogens is 398 g/mol. The van der Waals surface area contributed by atoms with Crippen LogP contribution in [0.2, 0.25) is 0 Å². The van der Waals surface area contributed by atoms with Crippen LogP contribution in [0.5, 0.6) is 0 Å². The van der Waals surface area contributed by atoms with Gasteiger partial charge in [0.15, 0.2) is 17.0 Å². The van der Waals surface area contributed by atoms with Gasteiger partial charge in [0.05, 0.1) is 11.0 Å². The van der Waals surface area contributed by atoms with Crippen LogP contribution in [0.25, 0.3) is 22.2 Å². The first-order valence-electron chi connectivity index (χ1n) is 10.5. The summed E-state index contributed by atoms with van der Waals surface area (Å²) >= 11 is 0. The molecule has 2 aliphatic rings. The molecular formula is C21H21N7O3. The number of piperidine rings is 1. The minimum absolute atomic E-state index is 0.0273. The summed E-state index contributed by atoms with van der Waals surface area (Å²) in [6.45, 7) is 1.39. The van der Waals surface area contributed by atoms with Crippen molar-refractivity contribution in [2.75, 3.05) is 18.0 Å². The van der Waals surface area contributed by atoms with E-state index in [4.69, 9.17) is 0 Å². The molecule has 10 heteroatoms. The highest BCUT2D eigenvalue weighted by atomic mass is 16.4. The number of imidazole rings is 2. The minimum atomic E-state index is -1.05. The SMILES string of the molecule is O=C(O)c1nc2c(N3CCC(n4c(=O)[nH]c5ccccc54)CC3)ncnc2n1C1CC1. The zero-order chi connectivity index (χ0) is 21.1. The second kappa shape index (κ2) is 6.66. The van der Waals surface area contributed by atoms with E-state index >= 15 is 0 Å². The molecule has 4 aromatic rings. The number of aromatic nitrogens is 6. The summed E-state index contributed by atoms with van der Waals surface area (Å²) in [6.07, 6.45) is 4.93. The van der Waals surface area contributed by atoms with Crippen LogP contribution >= 0.6 is 0 Å². The fraction of sp³-hybridized carbons (Fsp3) is 0.381. The van der Waals surface area contributed by atoms with Crippen molar-refractivity contribution in [2.45, 2.75) is 37.8 Å². The lowest BCUT2D eigenvalue weighted by atomic mass is 10.0. The number of aromatic carboxylic acids is 1. The zero-order valence-electron chi connectivity index (χ0n) is 16.7. The molecule has 158 valence electrons. The number of H-pyrrole nitrogens is 1. The van der Waals surface area contributed by atoms with E-state index in [0.29, 0.717) is 30.1 Å². The van der Waals surface area contributed by atoms with Crippen LogP contribution in [0.1, 0.15) is 48.4 Å². The standard InChI is InChI=1S/C21H21N7O3/c29-20(30)19-25-16-17(22-11-23-18(16)28(19)12-5-6-12)26-9-7-13(8-10-26)27-15-4-2-1-3-14(15)24-21(27)31/h1-4,11-13H,5-10H2,(H,24,31)(H,29,30). The number of carboxylic acid groups (broad SMARTS) is 1. The van der Waals surface area contributed by atoms with Crippen LogP contribution in [0.15, 0.2) is 35.4 Å². The molecule has 31 heavy (non-hydrogen) atoms. The largest absolute Gasteiger partial charge is 0.475 e. The number of hydrogen-bond acceptors (Lipinski definition) is 6. The molecule has 1 aliphatic heterocycles. The van der Waals surface area contributed by atoms with E-state index in [9.17, 15) is 14.7 Å². The van der Waals surface area contributed by atoms with Gasteiger partial charge in [-0.25, -0.2) is 24.5 Å². The fourth-order valence-electron chi connectivity index (χ4n) is 4.73. The Balaban J connectivity index is 1.32. The topological polar surface area (TPSA) is 122 Å². The monoisotopic (exact) mass is 419 g/mol. The maximum absolute atomic E-state index is 12.5. The Morgan fingerprint density at radius 1 is 1.03 bits per heavy atom. The molecule has 0 unspecified atom stereocenters. The van der Waals surface area contributed by atoms with E-state index in [-0.39, 0.29) is 23.6 Å². The van der Waals surface area contributed by atoms with Gasteiger partial charge >= 0.3 is 11.7 Å². The second-order valence-corrected chi connectivity index (χ2v) is 8.25. The summed E-state index contributed by atoms with van der Waals surface area (Å²) in [7, 11) is 0. The lowest BCUT2D eigenvalue weighted by Crippen LogP contribution is -2.37. The number of rotatable bonds is 4. The maximum Gasteiger partial charge on any atom is 0.372 e. The number of para-hydroxylation sites is 2. The summed E-state index contributed by atoms with van der Waals surface area (Å²) in [5.74, 6) is -0.357. The number of anilines is 1. The Hall–Kier alpha value is -3.69. The van der Waals surface area contributed by atoms with Crippen molar-refractivity contribution < 1.29 is 9.90 Å². The number of carbonyl (C=O) groups is 1. The first-order valence-corrected chi connectivity index (χ1v) is 10.5. The molecule has 1 aliphatic carbocycles. The Labute approximate surface area is 176 Å². The molecule has 2 fully saturated rings. The van der Waals surface area contributed by atoms with Gasteiger partial charge in [-0.05, 0) is 37.8 Å². The molecule has 1 saturated carbocycles. The predicted molar refractivity (Wildman–Crippen MR) is 114 cm³/mol. The Morgan fingerprint density at radius 3 is 2.52 bits per heavy atom. The highest BCUT2D eigenvalue weighted by Crippen LogP contribution is 2.39. The van der Waals surface area contributed by atoms with Crippen LogP contribution in [0.4, 0.5) is 5.82 Å². The molecule has 4 heterocycles. The van der Waals surface area contributed by atoms with Gasteiger partial charge < -0.3 is 15.0 Å². The van der Waals surface area contributed by atoms with Gasteiger partial charge in [0.1, 0.15) is 6.33 Å². The summed E-state index contributed by atoms with van der Waals surface area (Å²) in [6, 6.07) is 7.98. The lowest BCUT2D eigenvalue weighted by molar-refractivity contribution is 0.0678. The molecule has 3 aromatic heterocycles. The first-order chi connectivity index (χ1) is 15.1. The van der Waals surface area contributed by atoms with Crippen molar-refractivity contribution in [3.8, 4) is 0 Å². The van der Waals surface area contributed by atoms with Gasteiger partial charge in [-0.1, -0.05) is 12.1 Å². The van der Waals surface area contributed by atoms with E-state index in [1.54, 1.807) is 4.57 Å². The van der Waals surface area contributed by atoms with Crippen molar-refractivity contribution in [3.63, 3.8) is 0 Å². The van der Waals surface area contributed by atoms with E-state index in [0.717, 1.165) is 36.7 Å². The number of nitrogens with one attached hydrogen (secondary N) is 1. The molecule has 6 rings (SSSR count). The van der Waals surface area contributed by atoms with E-state index in [1.165, 1.54) is 6.33 Å². The highest BCUT2D eigenvalue weighted by molar-refractivity contribution is 5.92. The molecule has 2 N–H and O–H groups in total. The summed E-state index contributed by atoms with van der Waals surface area (Å²) in [4.78, 5) is 42.6. The van der Waals surface area contributed by atoms with Crippen LogP contribution in [-0.2, 0) is 0 Å². The van der Waals surface area contributed by atoms with Crippen molar-refractivity contribution in [2.24, 2.45) is 0 Å². The van der Waals surface area contributed by atoms with E-state index < -0.39 is 5.97 Å². The third-order valence-corrected chi connectivity index (χ3v) is 6.31. The summed E-state index contributed by atoms with van der Waals surface area (Å²) in [5, 5.41) is 9.62. The molecule has 10 nitrogen and oxygen atoms in total. The van der Waals surface area contributed by atoms with Crippen LogP contribution in [0, 0.1) is 0 Å². The van der Waals surface area contributed by atoms with E-state index in [1.807, 2.05) is 28.8 Å². The third kappa shape index (κ3) is 2.82. The molecule has 1 aromatic carbocycles. The van der Waals surface area contributed by atoms with Crippen molar-refractivity contribution in [1.82, 2.24) is 29.1 Å². The highest BCUT2D eigenvalue weighted by Gasteiger charge is 2.33. The zero-order valence-corrected chi connectivity index (χ0v) is 16.7. The van der Waals surface area contributed by atoms with Gasteiger partial charge in [0.2, 0.25) is 5.82 Å². The normalized spacial score (nSPS) is 17.6. The fourth-order valence-corrected chi connectivity index (χ4v) is 4.73. The van der Waals surface area contributed by atoms with Crippen LogP contribution in [-0.4, -0.2) is 53.2 Å². The first kappa shape index (κ1) is 18.1. The average Bonchev–Trinajstić information content (AvgIpc) is 3.45. The van der Waals surface area contributed by atoms with Gasteiger partial charge in [-0.3, -0.25) is 9.13 Å². The summed E-state index contributed by atoms with van der Waals surface area (Å²) in [5.41, 5.74) is 2.80. The quantitative estimate of drug-likeness (QED) is 0.521.